The molecule has 12 heavy (non-hydrogen) atoms. The van der Waals surface area contributed by atoms with Gasteiger partial charge in [-0.1, -0.05) is 12.2 Å². The lowest BCUT2D eigenvalue weighted by atomic mass is 10.3. The third kappa shape index (κ3) is 3.61. The molecule has 0 saturated carbocycles. The van der Waals surface area contributed by atoms with Crippen LogP contribution in [0.2, 0.25) is 0 Å². The van der Waals surface area contributed by atoms with Gasteiger partial charge in [0, 0.05) is 32.0 Å². The molecule has 70 valence electrons. The topological polar surface area (TPSA) is 12.5 Å². The Morgan fingerprint density at radius 2 is 2.25 bits per heavy atom. The molecule has 0 N–H and O–H groups in total. The molecule has 1 rings (SSSR count). The second-order valence-corrected chi connectivity index (χ2v) is 3.47. The van der Waals surface area contributed by atoms with E-state index in [1.54, 1.807) is 0 Å². The van der Waals surface area contributed by atoms with Crippen molar-refractivity contribution in [3.05, 3.63) is 12.2 Å². The summed E-state index contributed by atoms with van der Waals surface area (Å²) in [5, 5.41) is 0. The van der Waals surface area contributed by atoms with Crippen LogP contribution < -0.4 is 0 Å². The van der Waals surface area contributed by atoms with Crippen LogP contribution in [0, 0.1) is 0 Å². The van der Waals surface area contributed by atoms with Gasteiger partial charge in [0.25, 0.3) is 0 Å². The highest BCUT2D eigenvalue weighted by molar-refractivity contribution is 7.80. The lowest BCUT2D eigenvalue weighted by Gasteiger charge is -2.19. The molecule has 0 spiro atoms. The van der Waals surface area contributed by atoms with E-state index in [0.717, 1.165) is 45.0 Å². The first-order valence-corrected chi connectivity index (χ1v) is 5.04. The van der Waals surface area contributed by atoms with Crippen molar-refractivity contribution < 1.29 is 4.74 Å². The maximum Gasteiger partial charge on any atom is 0.0593 e. The van der Waals surface area contributed by atoms with Crippen molar-refractivity contribution in [2.24, 2.45) is 0 Å². The number of rotatable bonds is 3. The van der Waals surface area contributed by atoms with Crippen LogP contribution in [0.3, 0.4) is 0 Å². The van der Waals surface area contributed by atoms with Gasteiger partial charge in [0.1, 0.15) is 0 Å². The summed E-state index contributed by atoms with van der Waals surface area (Å²) in [6, 6.07) is 0. The van der Waals surface area contributed by atoms with E-state index in [1.807, 2.05) is 0 Å². The minimum atomic E-state index is 0.789. The van der Waals surface area contributed by atoms with Gasteiger partial charge in [-0.15, -0.1) is 0 Å². The molecule has 0 aliphatic carbocycles. The van der Waals surface area contributed by atoms with Gasteiger partial charge >= 0.3 is 0 Å². The fraction of sp³-hybridized carbons (Fsp3) is 0.778. The molecule has 0 aromatic heterocycles. The zero-order chi connectivity index (χ0) is 8.81. The van der Waals surface area contributed by atoms with Gasteiger partial charge in [0.15, 0.2) is 0 Å². The van der Waals surface area contributed by atoms with E-state index in [4.69, 9.17) is 4.74 Å². The van der Waals surface area contributed by atoms with Crippen molar-refractivity contribution >= 4 is 12.6 Å². The van der Waals surface area contributed by atoms with Crippen molar-refractivity contribution in [3.63, 3.8) is 0 Å². The van der Waals surface area contributed by atoms with Gasteiger partial charge in [-0.2, -0.15) is 12.6 Å². The molecule has 0 atom stereocenters. The Bertz CT molecular complexity index is 141. The van der Waals surface area contributed by atoms with Crippen molar-refractivity contribution in [3.8, 4) is 0 Å². The van der Waals surface area contributed by atoms with E-state index in [2.05, 4.69) is 24.1 Å². The highest BCUT2D eigenvalue weighted by Gasteiger charge is 2.08. The van der Waals surface area contributed by atoms with E-state index in [1.165, 1.54) is 5.57 Å². The van der Waals surface area contributed by atoms with E-state index in [9.17, 15) is 0 Å². The molecule has 1 aliphatic heterocycles. The third-order valence-electron chi connectivity index (χ3n) is 1.99. The molecule has 0 bridgehead atoms. The summed E-state index contributed by atoms with van der Waals surface area (Å²) in [6.07, 6.45) is 1.14. The molecular weight excluding hydrogens is 170 g/mol. The highest BCUT2D eigenvalue weighted by Crippen LogP contribution is 2.03. The second-order valence-electron chi connectivity index (χ2n) is 3.15. The normalized spacial score (nSPS) is 20.4. The molecular formula is C9H17NOS. The summed E-state index contributed by atoms with van der Waals surface area (Å²) in [7, 11) is 0. The Labute approximate surface area is 80.0 Å². The smallest absolute Gasteiger partial charge is 0.0593 e. The molecule has 0 amide bonds. The van der Waals surface area contributed by atoms with Crippen LogP contribution in [0.15, 0.2) is 12.2 Å². The molecule has 3 heteroatoms. The van der Waals surface area contributed by atoms with E-state index >= 15 is 0 Å². The van der Waals surface area contributed by atoms with Gasteiger partial charge in [-0.25, -0.2) is 0 Å². The molecule has 0 aromatic carbocycles. The zero-order valence-corrected chi connectivity index (χ0v) is 8.35. The molecule has 0 aromatic rings. The van der Waals surface area contributed by atoms with Gasteiger partial charge in [0.2, 0.25) is 0 Å². The first-order valence-electron chi connectivity index (χ1n) is 4.40. The molecule has 2 nitrogen and oxygen atoms in total. The van der Waals surface area contributed by atoms with E-state index < -0.39 is 0 Å². The van der Waals surface area contributed by atoms with Crippen molar-refractivity contribution in [1.29, 1.82) is 0 Å². The molecule has 1 saturated heterocycles. The van der Waals surface area contributed by atoms with Crippen LogP contribution in [-0.4, -0.2) is 43.5 Å². The van der Waals surface area contributed by atoms with Crippen LogP contribution >= 0.6 is 12.6 Å². The lowest BCUT2D eigenvalue weighted by Crippen LogP contribution is -2.28. The Morgan fingerprint density at radius 3 is 3.00 bits per heavy atom. The summed E-state index contributed by atoms with van der Waals surface area (Å²) in [5.74, 6) is 0.789. The first-order chi connectivity index (χ1) is 5.83. The first kappa shape index (κ1) is 10.1. The van der Waals surface area contributed by atoms with E-state index in [0.29, 0.717) is 0 Å². The Kier molecular flexibility index (Phi) is 4.73. The lowest BCUT2D eigenvalue weighted by molar-refractivity contribution is 0.143. The van der Waals surface area contributed by atoms with Gasteiger partial charge in [-0.3, -0.25) is 4.90 Å². The fourth-order valence-electron chi connectivity index (χ4n) is 1.32. The predicted octanol–water partition coefficient (Wildman–Crippen LogP) is 1.19. The largest absolute Gasteiger partial charge is 0.380 e. The Balaban J connectivity index is 2.24. The average molecular weight is 187 g/mol. The summed E-state index contributed by atoms with van der Waals surface area (Å²) in [6.45, 7) is 8.85. The zero-order valence-electron chi connectivity index (χ0n) is 7.46. The van der Waals surface area contributed by atoms with Crippen molar-refractivity contribution in [1.82, 2.24) is 4.90 Å². The SMILES string of the molecule is C=C(CS)CN1CCCOCC1. The minimum absolute atomic E-state index is 0.789. The monoisotopic (exact) mass is 187 g/mol. The maximum absolute atomic E-state index is 5.35. The molecule has 0 unspecified atom stereocenters. The number of hydrogen-bond donors (Lipinski definition) is 1. The van der Waals surface area contributed by atoms with Crippen molar-refractivity contribution in [2.75, 3.05) is 38.6 Å². The average Bonchev–Trinajstić information content (AvgIpc) is 2.33. The highest BCUT2D eigenvalue weighted by atomic mass is 32.1. The van der Waals surface area contributed by atoms with Crippen LogP contribution in [-0.2, 0) is 4.74 Å². The van der Waals surface area contributed by atoms with E-state index in [-0.39, 0.29) is 0 Å². The van der Waals surface area contributed by atoms with Gasteiger partial charge in [0.05, 0.1) is 6.61 Å². The molecule has 1 heterocycles. The summed E-state index contributed by atoms with van der Waals surface area (Å²) in [5.41, 5.74) is 1.19. The van der Waals surface area contributed by atoms with Crippen LogP contribution in [0.5, 0.6) is 0 Å². The van der Waals surface area contributed by atoms with Crippen LogP contribution in [0.4, 0.5) is 0 Å². The summed E-state index contributed by atoms with van der Waals surface area (Å²) in [4.78, 5) is 2.38. The molecule has 1 fully saturated rings. The number of nitrogens with zero attached hydrogens (tertiary/aromatic N) is 1. The van der Waals surface area contributed by atoms with Crippen LogP contribution in [0.25, 0.3) is 0 Å². The Hall–Kier alpha value is 0.01000. The Morgan fingerprint density at radius 1 is 1.42 bits per heavy atom. The summed E-state index contributed by atoms with van der Waals surface area (Å²) < 4.78 is 5.35. The number of thiol groups is 1. The quantitative estimate of drug-likeness (QED) is 0.526. The van der Waals surface area contributed by atoms with Gasteiger partial charge < -0.3 is 4.74 Å². The maximum atomic E-state index is 5.35. The minimum Gasteiger partial charge on any atom is -0.380 e. The summed E-state index contributed by atoms with van der Waals surface area (Å²) >= 11 is 4.18. The number of ether oxygens (including phenoxy) is 1. The standard InChI is InChI=1S/C9H17NOS/c1-9(8-12)7-10-3-2-5-11-6-4-10/h12H,1-8H2. The van der Waals surface area contributed by atoms with Gasteiger partial charge in [-0.05, 0) is 6.42 Å². The third-order valence-corrected chi connectivity index (χ3v) is 2.43. The fourth-order valence-corrected chi connectivity index (χ4v) is 1.42. The molecule has 1 aliphatic rings. The predicted molar refractivity (Wildman–Crippen MR) is 54.9 cm³/mol. The van der Waals surface area contributed by atoms with Crippen molar-refractivity contribution in [2.45, 2.75) is 6.42 Å². The molecule has 0 radical (unpaired) electrons. The second kappa shape index (κ2) is 5.62. The number of hydrogen-bond acceptors (Lipinski definition) is 3. The van der Waals surface area contributed by atoms with Crippen LogP contribution in [0.1, 0.15) is 6.42 Å².